The molecule has 1 aromatic heterocycles. The molecule has 1 aromatic rings. The Balaban J connectivity index is 2.87. The molecule has 0 radical (unpaired) electrons. The van der Waals surface area contributed by atoms with Crippen LogP contribution in [-0.4, -0.2) is 35.2 Å². The van der Waals surface area contributed by atoms with Crippen LogP contribution in [0.4, 0.5) is 5.13 Å². The predicted octanol–water partition coefficient (Wildman–Crippen LogP) is 2.15. The number of carbonyl (C=O) groups is 2. The number of aryl methyl sites for hydroxylation is 1. The van der Waals surface area contributed by atoms with E-state index < -0.39 is 12.0 Å². The van der Waals surface area contributed by atoms with Gasteiger partial charge in [0.1, 0.15) is 6.04 Å². The summed E-state index contributed by atoms with van der Waals surface area (Å²) in [6.07, 6.45) is 0.591. The van der Waals surface area contributed by atoms with Gasteiger partial charge in [-0.1, -0.05) is 13.8 Å². The molecule has 0 aromatic carbocycles. The molecule has 19 heavy (non-hydrogen) atoms. The van der Waals surface area contributed by atoms with Gasteiger partial charge >= 0.3 is 11.9 Å². The second-order valence-electron chi connectivity index (χ2n) is 4.58. The third-order valence-corrected chi connectivity index (χ3v) is 3.39. The van der Waals surface area contributed by atoms with Crippen LogP contribution in [0.15, 0.2) is 0 Å². The molecule has 0 fully saturated rings. The van der Waals surface area contributed by atoms with Crippen LogP contribution >= 0.6 is 11.3 Å². The Bertz CT molecular complexity index is 470. The van der Waals surface area contributed by atoms with E-state index in [2.05, 4.69) is 10.3 Å². The molecular weight excluding hydrogens is 268 g/mol. The van der Waals surface area contributed by atoms with E-state index in [1.807, 2.05) is 13.8 Å². The molecule has 0 bridgehead atoms. The van der Waals surface area contributed by atoms with Crippen LogP contribution in [0.1, 0.15) is 35.6 Å². The molecule has 1 unspecified atom stereocenters. The fourth-order valence-corrected chi connectivity index (χ4v) is 2.49. The Kier molecular flexibility index (Phi) is 5.29. The van der Waals surface area contributed by atoms with E-state index >= 15 is 0 Å². The molecule has 0 saturated heterocycles. The highest BCUT2D eigenvalue weighted by Gasteiger charge is 2.23. The van der Waals surface area contributed by atoms with Crippen LogP contribution in [0.2, 0.25) is 0 Å². The summed E-state index contributed by atoms with van der Waals surface area (Å²) in [5.41, 5.74) is 0.0145. The molecule has 0 amide bonds. The van der Waals surface area contributed by atoms with E-state index in [4.69, 9.17) is 9.84 Å². The highest BCUT2D eigenvalue weighted by molar-refractivity contribution is 7.15. The van der Waals surface area contributed by atoms with Crippen molar-refractivity contribution in [1.29, 1.82) is 0 Å². The molecule has 0 spiro atoms. The van der Waals surface area contributed by atoms with Gasteiger partial charge in [0.15, 0.2) is 10.8 Å². The fourth-order valence-electron chi connectivity index (χ4n) is 1.63. The predicted molar refractivity (Wildman–Crippen MR) is 72.7 cm³/mol. The molecule has 0 saturated carbocycles. The number of carbonyl (C=O) groups excluding carboxylic acids is 1. The van der Waals surface area contributed by atoms with Crippen LogP contribution < -0.4 is 5.32 Å². The van der Waals surface area contributed by atoms with Crippen molar-refractivity contribution in [3.05, 3.63) is 10.6 Å². The average Bonchev–Trinajstić information content (AvgIpc) is 2.68. The first-order chi connectivity index (χ1) is 8.85. The van der Waals surface area contributed by atoms with Gasteiger partial charge in [0, 0.05) is 4.88 Å². The number of esters is 1. The summed E-state index contributed by atoms with van der Waals surface area (Å²) in [6, 6.07) is -0.516. The largest absolute Gasteiger partial charge is 0.476 e. The summed E-state index contributed by atoms with van der Waals surface area (Å²) in [6.45, 7) is 5.67. The van der Waals surface area contributed by atoms with Gasteiger partial charge in [0.05, 0.1) is 7.11 Å². The molecular formula is C12H18N2O4S. The van der Waals surface area contributed by atoms with Crippen LogP contribution in [0.25, 0.3) is 0 Å². The molecule has 1 heterocycles. The summed E-state index contributed by atoms with van der Waals surface area (Å²) < 4.78 is 4.73. The number of carboxylic acids is 1. The zero-order valence-electron chi connectivity index (χ0n) is 11.4. The highest BCUT2D eigenvalue weighted by atomic mass is 32.1. The number of carboxylic acid groups (broad SMARTS) is 1. The highest BCUT2D eigenvalue weighted by Crippen LogP contribution is 2.24. The van der Waals surface area contributed by atoms with E-state index in [0.29, 0.717) is 22.3 Å². The molecule has 1 atom stereocenters. The minimum Gasteiger partial charge on any atom is -0.476 e. The number of aromatic nitrogens is 1. The maximum absolute atomic E-state index is 11.7. The number of hydrogen-bond donors (Lipinski definition) is 2. The topological polar surface area (TPSA) is 88.5 Å². The van der Waals surface area contributed by atoms with E-state index in [9.17, 15) is 9.59 Å². The summed E-state index contributed by atoms with van der Waals surface area (Å²) in [7, 11) is 1.33. The number of aromatic carboxylic acids is 1. The minimum absolute atomic E-state index is 0.0145. The smallest absolute Gasteiger partial charge is 0.355 e. The number of methoxy groups -OCH3 is 1. The lowest BCUT2D eigenvalue weighted by molar-refractivity contribution is -0.141. The Labute approximate surface area is 115 Å². The second-order valence-corrected chi connectivity index (χ2v) is 5.78. The lowest BCUT2D eigenvalue weighted by atomic mass is 10.0. The minimum atomic E-state index is -1.07. The normalized spacial score (nSPS) is 12.3. The van der Waals surface area contributed by atoms with Crippen molar-refractivity contribution in [3.8, 4) is 0 Å². The molecule has 0 aliphatic heterocycles. The summed E-state index contributed by atoms with van der Waals surface area (Å²) >= 11 is 1.22. The molecule has 7 heteroatoms. The van der Waals surface area contributed by atoms with Crippen LogP contribution in [-0.2, 0) is 9.53 Å². The molecule has 1 rings (SSSR count). The molecule has 106 valence electrons. The lowest BCUT2D eigenvalue weighted by Crippen LogP contribution is -2.32. The van der Waals surface area contributed by atoms with Gasteiger partial charge in [-0.25, -0.2) is 14.6 Å². The van der Waals surface area contributed by atoms with Crippen LogP contribution in [0.3, 0.4) is 0 Å². The third-order valence-electron chi connectivity index (χ3n) is 2.49. The number of nitrogens with zero attached hydrogens (tertiary/aromatic N) is 1. The zero-order valence-corrected chi connectivity index (χ0v) is 12.2. The Morgan fingerprint density at radius 3 is 2.53 bits per heavy atom. The molecule has 6 nitrogen and oxygen atoms in total. The molecule has 0 aliphatic rings. The van der Waals surface area contributed by atoms with Gasteiger partial charge in [-0.3, -0.25) is 0 Å². The van der Waals surface area contributed by atoms with E-state index in [0.717, 1.165) is 0 Å². The Hall–Kier alpha value is -1.63. The summed E-state index contributed by atoms with van der Waals surface area (Å²) in [5, 5.41) is 12.3. The Morgan fingerprint density at radius 2 is 2.11 bits per heavy atom. The molecule has 0 aliphatic carbocycles. The number of thiazole rings is 1. The van der Waals surface area contributed by atoms with Crippen LogP contribution in [0, 0.1) is 12.8 Å². The SMILES string of the molecule is COC(=O)C(CC(C)C)Nc1nc(C(=O)O)c(C)s1. The fraction of sp³-hybridized carbons (Fsp3) is 0.583. The summed E-state index contributed by atoms with van der Waals surface area (Å²) in [4.78, 5) is 27.1. The quantitative estimate of drug-likeness (QED) is 0.779. The number of ether oxygens (including phenoxy) is 1. The van der Waals surface area contributed by atoms with Gasteiger partial charge in [0.2, 0.25) is 0 Å². The number of nitrogens with one attached hydrogen (secondary N) is 1. The first kappa shape index (κ1) is 15.4. The van der Waals surface area contributed by atoms with Crippen molar-refractivity contribution in [2.24, 2.45) is 5.92 Å². The van der Waals surface area contributed by atoms with E-state index in [1.165, 1.54) is 18.4 Å². The maximum Gasteiger partial charge on any atom is 0.355 e. The average molecular weight is 286 g/mol. The van der Waals surface area contributed by atoms with Gasteiger partial charge in [-0.2, -0.15) is 0 Å². The van der Waals surface area contributed by atoms with Crippen molar-refractivity contribution in [2.75, 3.05) is 12.4 Å². The third kappa shape index (κ3) is 4.20. The standard InChI is InChI=1S/C12H18N2O4S/c1-6(2)5-8(11(17)18-4)13-12-14-9(10(15)16)7(3)19-12/h6,8H,5H2,1-4H3,(H,13,14)(H,15,16). The number of hydrogen-bond acceptors (Lipinski definition) is 6. The first-order valence-corrected chi connectivity index (χ1v) is 6.71. The van der Waals surface area contributed by atoms with Gasteiger partial charge in [0.25, 0.3) is 0 Å². The Morgan fingerprint density at radius 1 is 1.47 bits per heavy atom. The first-order valence-electron chi connectivity index (χ1n) is 5.90. The number of anilines is 1. The maximum atomic E-state index is 11.7. The van der Waals surface area contributed by atoms with Gasteiger partial charge < -0.3 is 15.2 Å². The van der Waals surface area contributed by atoms with Crippen molar-refractivity contribution in [3.63, 3.8) is 0 Å². The van der Waals surface area contributed by atoms with Gasteiger partial charge in [-0.05, 0) is 19.3 Å². The van der Waals surface area contributed by atoms with Crippen molar-refractivity contribution >= 4 is 28.4 Å². The van der Waals surface area contributed by atoms with Crippen molar-refractivity contribution in [2.45, 2.75) is 33.2 Å². The van der Waals surface area contributed by atoms with E-state index in [-0.39, 0.29) is 11.7 Å². The van der Waals surface area contributed by atoms with Crippen LogP contribution in [0.5, 0.6) is 0 Å². The molecule has 2 N–H and O–H groups in total. The summed E-state index contributed by atoms with van der Waals surface area (Å²) in [5.74, 6) is -1.14. The monoisotopic (exact) mass is 286 g/mol. The van der Waals surface area contributed by atoms with Gasteiger partial charge in [-0.15, -0.1) is 11.3 Å². The second kappa shape index (κ2) is 6.51. The van der Waals surface area contributed by atoms with Crippen molar-refractivity contribution < 1.29 is 19.4 Å². The zero-order chi connectivity index (χ0) is 14.6. The number of rotatable bonds is 6. The van der Waals surface area contributed by atoms with Crippen molar-refractivity contribution in [1.82, 2.24) is 4.98 Å². The lowest BCUT2D eigenvalue weighted by Gasteiger charge is -2.17. The van der Waals surface area contributed by atoms with E-state index in [1.54, 1.807) is 6.92 Å².